The van der Waals surface area contributed by atoms with E-state index in [2.05, 4.69) is 25.9 Å². The lowest BCUT2D eigenvalue weighted by atomic mass is 9.73. The number of halogens is 7. The van der Waals surface area contributed by atoms with Crippen molar-refractivity contribution in [3.63, 3.8) is 0 Å². The first-order valence-electron chi connectivity index (χ1n) is 19.8. The monoisotopic (exact) mass is 860 g/mol. The van der Waals surface area contributed by atoms with Gasteiger partial charge < -0.3 is 20.9 Å². The summed E-state index contributed by atoms with van der Waals surface area (Å²) in [6.45, 7) is 2.80. The lowest BCUT2D eigenvalue weighted by molar-refractivity contribution is -0.144. The molecule has 0 bridgehead atoms. The van der Waals surface area contributed by atoms with Gasteiger partial charge in [0.1, 0.15) is 28.9 Å². The lowest BCUT2D eigenvalue weighted by Crippen LogP contribution is -2.43. The van der Waals surface area contributed by atoms with Crippen LogP contribution in [0, 0.1) is 17.6 Å². The van der Waals surface area contributed by atoms with E-state index in [9.17, 15) is 31.5 Å². The Morgan fingerprint density at radius 3 is 2.38 bits per heavy atom. The van der Waals surface area contributed by atoms with Crippen molar-refractivity contribution in [3.8, 4) is 21.7 Å². The molecule has 2 aliphatic heterocycles. The van der Waals surface area contributed by atoms with Gasteiger partial charge in [-0.25, -0.2) is 18.7 Å². The number of rotatable bonds is 9. The van der Waals surface area contributed by atoms with Gasteiger partial charge in [-0.05, 0) is 90.4 Å². The molecular formula is C43H35F7N8O2S. The number of carbonyl (C=O) groups excluding carboxylic acids is 2. The van der Waals surface area contributed by atoms with Gasteiger partial charge in [-0.1, -0.05) is 12.1 Å². The molecule has 4 aliphatic rings. The fourth-order valence-electron chi connectivity index (χ4n) is 9.13. The first-order valence-corrected chi connectivity index (χ1v) is 20.6. The van der Waals surface area contributed by atoms with Gasteiger partial charge in [0.15, 0.2) is 11.3 Å². The maximum absolute atomic E-state index is 15.7. The van der Waals surface area contributed by atoms with Crippen molar-refractivity contribution in [1.82, 2.24) is 35.7 Å². The Kier molecular flexibility index (Phi) is 9.43. The van der Waals surface area contributed by atoms with Crippen LogP contribution in [0.25, 0.3) is 32.0 Å². The predicted octanol–water partition coefficient (Wildman–Crippen LogP) is 7.87. The first-order chi connectivity index (χ1) is 29.2. The van der Waals surface area contributed by atoms with Crippen molar-refractivity contribution in [1.29, 1.82) is 0 Å². The smallest absolute Gasteiger partial charge is 0.369 e. The highest BCUT2D eigenvalue weighted by Crippen LogP contribution is 2.64. The molecule has 10 rings (SSSR count). The van der Waals surface area contributed by atoms with Crippen LogP contribution in [0.4, 0.5) is 36.4 Å². The molecule has 5 heterocycles. The number of aromatic nitrogens is 4. The highest BCUT2D eigenvalue weighted by molar-refractivity contribution is 7.21. The topological polar surface area (TPSA) is 117 Å². The molecule has 0 spiro atoms. The Balaban J connectivity index is 1.07. The van der Waals surface area contributed by atoms with Crippen molar-refractivity contribution in [3.05, 3.63) is 118 Å². The van der Waals surface area contributed by atoms with Gasteiger partial charge in [-0.3, -0.25) is 14.3 Å². The molecule has 0 unspecified atom stereocenters. The van der Waals surface area contributed by atoms with Gasteiger partial charge >= 0.3 is 6.18 Å². The Morgan fingerprint density at radius 1 is 0.934 bits per heavy atom. The molecule has 3 aromatic carbocycles. The van der Waals surface area contributed by atoms with Gasteiger partial charge in [-0.15, -0.1) is 11.3 Å². The maximum atomic E-state index is 15.7. The van der Waals surface area contributed by atoms with Crippen molar-refractivity contribution >= 4 is 39.2 Å². The largest absolute Gasteiger partial charge is 0.435 e. The second kappa shape index (κ2) is 14.6. The van der Waals surface area contributed by atoms with E-state index in [4.69, 9.17) is 9.97 Å². The van der Waals surface area contributed by atoms with Crippen LogP contribution in [0.5, 0.6) is 0 Å². The number of amides is 2. The second-order valence-electron chi connectivity index (χ2n) is 15.9. The zero-order chi connectivity index (χ0) is 42.4. The maximum Gasteiger partial charge on any atom is 0.435 e. The third kappa shape index (κ3) is 6.98. The van der Waals surface area contributed by atoms with E-state index in [1.165, 1.54) is 11.3 Å². The van der Waals surface area contributed by atoms with Crippen molar-refractivity contribution in [2.45, 2.75) is 56.4 Å². The van der Waals surface area contributed by atoms with Crippen molar-refractivity contribution < 1.29 is 40.3 Å². The molecule has 3 aromatic heterocycles. The van der Waals surface area contributed by atoms with Crippen LogP contribution >= 0.6 is 11.3 Å². The summed E-state index contributed by atoms with van der Waals surface area (Å²) in [5.41, 5.74) is 1.53. The minimum atomic E-state index is -5.04. The van der Waals surface area contributed by atoms with E-state index in [1.54, 1.807) is 24.3 Å². The number of alkyl halides is 5. The van der Waals surface area contributed by atoms with Crippen molar-refractivity contribution in [2.24, 2.45) is 5.92 Å². The van der Waals surface area contributed by atoms with Crippen LogP contribution in [0.3, 0.4) is 0 Å². The molecule has 2 fully saturated rings. The number of nitrogens with zero attached hydrogens (tertiary/aromatic N) is 5. The second-order valence-corrected chi connectivity index (χ2v) is 16.9. The molecule has 314 valence electrons. The average molecular weight is 861 g/mol. The van der Waals surface area contributed by atoms with E-state index in [1.807, 2.05) is 24.3 Å². The standard InChI is InChI=1S/C43H35F7N8O2S/c44-25-13-21(14-26(45)17-25)15-32(53-34(59)20-58-38-35(37(56-58)43(48,49)50)28-7-8-31(28)42(38,46)47)36-29(23-1-2-24-19-52-40(60)30(24)16-23)18-33-39(54-36)55-41(61-33)22-3-5-27(6-4-22)57-11-9-51-10-12-57/h1-6,13-14,16-18,28,31-32,51H,7-12,15,19-20H2,(H,52,60)(H,53,59)/t28-,31+,32-/m0/s1. The van der Waals surface area contributed by atoms with E-state index in [0.29, 0.717) is 43.7 Å². The van der Waals surface area contributed by atoms with Gasteiger partial charge in [-0.2, -0.15) is 27.1 Å². The van der Waals surface area contributed by atoms with Crippen LogP contribution < -0.4 is 20.9 Å². The first kappa shape index (κ1) is 39.3. The number of piperazine rings is 1. The minimum Gasteiger partial charge on any atom is -0.369 e. The molecule has 18 heteroatoms. The summed E-state index contributed by atoms with van der Waals surface area (Å²) in [6, 6.07) is 16.5. The van der Waals surface area contributed by atoms with Crippen LogP contribution in [-0.4, -0.2) is 57.7 Å². The van der Waals surface area contributed by atoms with E-state index in [-0.39, 0.29) is 42.1 Å². The van der Waals surface area contributed by atoms with Crippen LogP contribution in [0.1, 0.15) is 68.9 Å². The van der Waals surface area contributed by atoms with Gasteiger partial charge in [0.2, 0.25) is 5.91 Å². The Labute approximate surface area is 347 Å². The van der Waals surface area contributed by atoms with Crippen LogP contribution in [0.2, 0.25) is 0 Å². The quantitative estimate of drug-likeness (QED) is 0.127. The van der Waals surface area contributed by atoms with Crippen molar-refractivity contribution in [2.75, 3.05) is 31.1 Å². The Bertz CT molecular complexity index is 2730. The number of benzene rings is 3. The number of thiazole rings is 1. The van der Waals surface area contributed by atoms with Gasteiger partial charge in [0.25, 0.3) is 11.8 Å². The molecule has 1 saturated heterocycles. The predicted molar refractivity (Wildman–Crippen MR) is 212 cm³/mol. The minimum absolute atomic E-state index is 0.0313. The number of pyridine rings is 1. The Morgan fingerprint density at radius 2 is 1.67 bits per heavy atom. The number of carbonyl (C=O) groups is 2. The number of anilines is 1. The molecule has 6 aromatic rings. The summed E-state index contributed by atoms with van der Waals surface area (Å²) >= 11 is 1.35. The third-order valence-corrected chi connectivity index (χ3v) is 13.2. The summed E-state index contributed by atoms with van der Waals surface area (Å²) < 4.78 is 104. The molecule has 1 saturated carbocycles. The highest BCUT2D eigenvalue weighted by Gasteiger charge is 2.63. The number of hydrogen-bond donors (Lipinski definition) is 3. The third-order valence-electron chi connectivity index (χ3n) is 12.1. The summed E-state index contributed by atoms with van der Waals surface area (Å²) in [7, 11) is 0. The van der Waals surface area contributed by atoms with Crippen LogP contribution in [0.15, 0.2) is 66.7 Å². The van der Waals surface area contributed by atoms with E-state index in [0.717, 1.165) is 55.1 Å². The fourth-order valence-corrected chi connectivity index (χ4v) is 10.1. The zero-order valence-corrected chi connectivity index (χ0v) is 32.9. The number of nitrogens with one attached hydrogen (secondary N) is 3. The lowest BCUT2D eigenvalue weighted by Gasteiger charge is -2.34. The summed E-state index contributed by atoms with van der Waals surface area (Å²) in [5, 5.41) is 13.0. The summed E-state index contributed by atoms with van der Waals surface area (Å²) in [6.07, 6.45) is -5.16. The van der Waals surface area contributed by atoms with E-state index < -0.39 is 71.0 Å². The van der Waals surface area contributed by atoms with Crippen LogP contribution in [-0.2, 0) is 36.4 Å². The summed E-state index contributed by atoms with van der Waals surface area (Å²) in [4.78, 5) is 38.9. The molecule has 3 atom stereocenters. The molecule has 10 nitrogen and oxygen atoms in total. The molecule has 0 radical (unpaired) electrons. The molecule has 2 amide bonds. The molecule has 2 aliphatic carbocycles. The number of fused-ring (bicyclic) bond motifs is 5. The van der Waals surface area contributed by atoms with E-state index >= 15 is 8.78 Å². The van der Waals surface area contributed by atoms with Gasteiger partial charge in [0.05, 0.1) is 16.4 Å². The molecule has 61 heavy (non-hydrogen) atoms. The fraction of sp³-hybridized carbons (Fsp3) is 0.326. The highest BCUT2D eigenvalue weighted by atomic mass is 32.1. The SMILES string of the molecule is O=C(Cn1nc(C(F)(F)F)c2c1C(F)(F)[C@@H]1CC[C@H]21)N[C@@H](Cc1cc(F)cc(F)c1)c1nc2nc(-c3ccc(N4CCNCC4)cc3)sc2cc1-c1ccc2c(c1)C(=O)NC2. The number of hydrogen-bond acceptors (Lipinski definition) is 8. The zero-order valence-electron chi connectivity index (χ0n) is 32.1. The average Bonchev–Trinajstić information content (AvgIpc) is 3.94. The normalized spacial score (nSPS) is 19.6. The molecule has 3 N–H and O–H groups in total. The Hall–Kier alpha value is -5.88. The van der Waals surface area contributed by atoms with Gasteiger partial charge in [0, 0.05) is 72.6 Å². The summed E-state index contributed by atoms with van der Waals surface area (Å²) in [5.74, 6) is -9.11. The molecular weight excluding hydrogens is 826 g/mol.